The van der Waals surface area contributed by atoms with Gasteiger partial charge in [-0.3, -0.25) is 0 Å². The Labute approximate surface area is 123 Å². The molecule has 20 heavy (non-hydrogen) atoms. The van der Waals surface area contributed by atoms with Crippen molar-refractivity contribution in [2.75, 3.05) is 6.54 Å². The summed E-state index contributed by atoms with van der Waals surface area (Å²) in [5.41, 5.74) is 5.41. The third-order valence-electron chi connectivity index (χ3n) is 3.61. The summed E-state index contributed by atoms with van der Waals surface area (Å²) in [5.74, 6) is 0. The van der Waals surface area contributed by atoms with Gasteiger partial charge in [0.2, 0.25) is 0 Å². The van der Waals surface area contributed by atoms with E-state index in [0.717, 1.165) is 13.1 Å². The fraction of sp³-hybridized carbons (Fsp3) is 0.368. The maximum Gasteiger partial charge on any atom is 0.0205 e. The van der Waals surface area contributed by atoms with Gasteiger partial charge in [-0.05, 0) is 47.7 Å². The molecule has 0 heterocycles. The molecule has 0 atom stereocenters. The van der Waals surface area contributed by atoms with Crippen LogP contribution in [0.5, 0.6) is 0 Å². The Morgan fingerprint density at radius 3 is 2.35 bits per heavy atom. The number of benzene rings is 2. The van der Waals surface area contributed by atoms with Crippen molar-refractivity contribution in [3.8, 4) is 11.1 Å². The number of hydrogen-bond donors (Lipinski definition) is 1. The summed E-state index contributed by atoms with van der Waals surface area (Å²) in [6, 6.07) is 17.8. The summed E-state index contributed by atoms with van der Waals surface area (Å²) >= 11 is 0. The molecule has 0 fully saturated rings. The van der Waals surface area contributed by atoms with E-state index < -0.39 is 0 Å². The maximum atomic E-state index is 3.38. The number of nitrogens with one attached hydrogen (secondary N) is 1. The molecule has 0 amide bonds. The standard InChI is InChI=1S/C19H25N/c1-3-5-7-16-10-12-18(13-11-16)19-9-6-8-17(14-19)15-20-4-2/h6,8-14,20H,3-5,7,15H2,1-2H3. The van der Waals surface area contributed by atoms with E-state index in [1.54, 1.807) is 0 Å². The van der Waals surface area contributed by atoms with Gasteiger partial charge in [0, 0.05) is 6.54 Å². The highest BCUT2D eigenvalue weighted by Crippen LogP contribution is 2.21. The van der Waals surface area contributed by atoms with Crippen LogP contribution in [-0.4, -0.2) is 6.54 Å². The predicted octanol–water partition coefficient (Wildman–Crippen LogP) is 4.81. The Morgan fingerprint density at radius 2 is 1.65 bits per heavy atom. The Morgan fingerprint density at radius 1 is 0.850 bits per heavy atom. The molecule has 1 heteroatoms. The number of rotatable bonds is 7. The van der Waals surface area contributed by atoms with E-state index in [1.165, 1.54) is 41.5 Å². The van der Waals surface area contributed by atoms with Crippen molar-refractivity contribution in [1.82, 2.24) is 5.32 Å². The first-order chi connectivity index (χ1) is 9.83. The lowest BCUT2D eigenvalue weighted by Gasteiger charge is -2.07. The van der Waals surface area contributed by atoms with Crippen molar-refractivity contribution in [2.24, 2.45) is 0 Å². The van der Waals surface area contributed by atoms with E-state index in [9.17, 15) is 0 Å². The molecule has 2 aromatic carbocycles. The van der Waals surface area contributed by atoms with Crippen molar-refractivity contribution in [3.63, 3.8) is 0 Å². The third-order valence-corrected chi connectivity index (χ3v) is 3.61. The van der Waals surface area contributed by atoms with Gasteiger partial charge >= 0.3 is 0 Å². The van der Waals surface area contributed by atoms with E-state index in [2.05, 4.69) is 67.7 Å². The average Bonchev–Trinajstić information content (AvgIpc) is 2.52. The van der Waals surface area contributed by atoms with Gasteiger partial charge < -0.3 is 5.32 Å². The Bertz CT molecular complexity index is 514. The molecule has 1 nitrogen and oxygen atoms in total. The predicted molar refractivity (Wildman–Crippen MR) is 87.9 cm³/mol. The van der Waals surface area contributed by atoms with Gasteiger partial charge in [0.15, 0.2) is 0 Å². The monoisotopic (exact) mass is 267 g/mol. The first-order valence-corrected chi connectivity index (χ1v) is 7.72. The fourth-order valence-corrected chi connectivity index (χ4v) is 2.37. The number of aryl methyl sites for hydroxylation is 1. The second-order valence-electron chi connectivity index (χ2n) is 5.28. The van der Waals surface area contributed by atoms with Crippen LogP contribution in [0.25, 0.3) is 11.1 Å². The van der Waals surface area contributed by atoms with Crippen molar-refractivity contribution in [3.05, 3.63) is 59.7 Å². The molecule has 1 N–H and O–H groups in total. The maximum absolute atomic E-state index is 3.38. The number of unbranched alkanes of at least 4 members (excludes halogenated alkanes) is 1. The lowest BCUT2D eigenvalue weighted by atomic mass is 10.00. The van der Waals surface area contributed by atoms with E-state index in [-0.39, 0.29) is 0 Å². The molecule has 0 aliphatic rings. The molecule has 0 saturated heterocycles. The topological polar surface area (TPSA) is 12.0 Å². The van der Waals surface area contributed by atoms with Crippen LogP contribution in [0.2, 0.25) is 0 Å². The summed E-state index contributed by atoms with van der Waals surface area (Å²) < 4.78 is 0. The SMILES string of the molecule is CCCCc1ccc(-c2cccc(CNCC)c2)cc1. The smallest absolute Gasteiger partial charge is 0.0205 e. The number of hydrogen-bond acceptors (Lipinski definition) is 1. The molecular formula is C19H25N. The molecule has 0 aliphatic carbocycles. The highest BCUT2D eigenvalue weighted by molar-refractivity contribution is 5.64. The largest absolute Gasteiger partial charge is 0.313 e. The zero-order valence-electron chi connectivity index (χ0n) is 12.7. The lowest BCUT2D eigenvalue weighted by Crippen LogP contribution is -2.11. The third kappa shape index (κ3) is 4.21. The first-order valence-electron chi connectivity index (χ1n) is 7.72. The first kappa shape index (κ1) is 14.8. The van der Waals surface area contributed by atoms with Gasteiger partial charge in [0.1, 0.15) is 0 Å². The zero-order valence-corrected chi connectivity index (χ0v) is 12.7. The summed E-state index contributed by atoms with van der Waals surface area (Å²) in [4.78, 5) is 0. The van der Waals surface area contributed by atoms with Gasteiger partial charge in [0.25, 0.3) is 0 Å². The summed E-state index contributed by atoms with van der Waals surface area (Å²) in [5, 5.41) is 3.38. The molecule has 0 unspecified atom stereocenters. The summed E-state index contributed by atoms with van der Waals surface area (Å²) in [6.07, 6.45) is 3.73. The highest BCUT2D eigenvalue weighted by Gasteiger charge is 2.00. The second-order valence-corrected chi connectivity index (χ2v) is 5.28. The van der Waals surface area contributed by atoms with Crippen LogP contribution >= 0.6 is 0 Å². The molecule has 2 aromatic rings. The minimum absolute atomic E-state index is 0.943. The van der Waals surface area contributed by atoms with Crippen LogP contribution in [0.15, 0.2) is 48.5 Å². The minimum atomic E-state index is 0.943. The highest BCUT2D eigenvalue weighted by atomic mass is 14.8. The zero-order chi connectivity index (χ0) is 14.2. The quantitative estimate of drug-likeness (QED) is 0.759. The average molecular weight is 267 g/mol. The Balaban J connectivity index is 2.10. The van der Waals surface area contributed by atoms with E-state index >= 15 is 0 Å². The van der Waals surface area contributed by atoms with Crippen LogP contribution in [0, 0.1) is 0 Å². The summed E-state index contributed by atoms with van der Waals surface area (Å²) in [7, 11) is 0. The minimum Gasteiger partial charge on any atom is -0.313 e. The van der Waals surface area contributed by atoms with Crippen molar-refractivity contribution < 1.29 is 0 Å². The molecule has 0 aromatic heterocycles. The molecule has 106 valence electrons. The molecular weight excluding hydrogens is 242 g/mol. The van der Waals surface area contributed by atoms with Crippen molar-refractivity contribution in [2.45, 2.75) is 39.7 Å². The molecule has 0 aliphatic heterocycles. The normalized spacial score (nSPS) is 10.7. The molecule has 0 bridgehead atoms. The summed E-state index contributed by atoms with van der Waals surface area (Å²) in [6.45, 7) is 6.33. The van der Waals surface area contributed by atoms with E-state index in [4.69, 9.17) is 0 Å². The Kier molecular flexibility index (Phi) is 5.82. The lowest BCUT2D eigenvalue weighted by molar-refractivity contribution is 0.727. The van der Waals surface area contributed by atoms with Crippen LogP contribution in [-0.2, 0) is 13.0 Å². The van der Waals surface area contributed by atoms with Crippen LogP contribution < -0.4 is 5.32 Å². The van der Waals surface area contributed by atoms with Gasteiger partial charge in [-0.25, -0.2) is 0 Å². The molecule has 0 spiro atoms. The van der Waals surface area contributed by atoms with Gasteiger partial charge in [-0.15, -0.1) is 0 Å². The van der Waals surface area contributed by atoms with Gasteiger partial charge in [0.05, 0.1) is 0 Å². The van der Waals surface area contributed by atoms with Crippen LogP contribution in [0.1, 0.15) is 37.8 Å². The fourth-order valence-electron chi connectivity index (χ4n) is 2.37. The van der Waals surface area contributed by atoms with Crippen molar-refractivity contribution in [1.29, 1.82) is 0 Å². The molecule has 0 radical (unpaired) electrons. The van der Waals surface area contributed by atoms with Gasteiger partial charge in [-0.1, -0.05) is 62.7 Å². The molecule has 2 rings (SSSR count). The van der Waals surface area contributed by atoms with Crippen LogP contribution in [0.3, 0.4) is 0 Å². The second kappa shape index (κ2) is 7.86. The van der Waals surface area contributed by atoms with E-state index in [0.29, 0.717) is 0 Å². The van der Waals surface area contributed by atoms with Crippen LogP contribution in [0.4, 0.5) is 0 Å². The Hall–Kier alpha value is -1.60. The molecule has 0 saturated carbocycles. The van der Waals surface area contributed by atoms with E-state index in [1.807, 2.05) is 0 Å². The van der Waals surface area contributed by atoms with Gasteiger partial charge in [-0.2, -0.15) is 0 Å². The van der Waals surface area contributed by atoms with Crippen molar-refractivity contribution >= 4 is 0 Å².